The maximum atomic E-state index is 13.7. The number of hydrogen-bond donors (Lipinski definition) is 2. The fraction of sp³-hybridized carbons (Fsp3) is 0.273. The predicted octanol–water partition coefficient (Wildman–Crippen LogP) is 4.61. The molecule has 0 aliphatic carbocycles. The standard InChI is InChI=1S/C22H22FN3O.2ClH/c23-17-6-7-18-19(22(27)25-11-9-15-8-10-24-14-15)13-20(26-21(18)12-17)16-4-2-1-3-5-16;;/h1-7,12-13,15,24H,8-11,14H2,(H,25,27);2*1H. The van der Waals surface area contributed by atoms with Crippen molar-refractivity contribution in [3.63, 3.8) is 0 Å². The maximum Gasteiger partial charge on any atom is 0.252 e. The first-order valence-electron chi connectivity index (χ1n) is 9.35. The van der Waals surface area contributed by atoms with Gasteiger partial charge in [-0.2, -0.15) is 0 Å². The first kappa shape index (κ1) is 23.1. The van der Waals surface area contributed by atoms with Gasteiger partial charge in [0.1, 0.15) is 5.82 Å². The van der Waals surface area contributed by atoms with E-state index in [0.717, 1.165) is 31.5 Å². The predicted molar refractivity (Wildman–Crippen MR) is 120 cm³/mol. The van der Waals surface area contributed by atoms with Gasteiger partial charge in [0.25, 0.3) is 5.91 Å². The SMILES string of the molecule is Cl.Cl.O=C(NCCC1CCNC1)c1cc(-c2ccccc2)nc2cc(F)ccc12. The van der Waals surface area contributed by atoms with Gasteiger partial charge >= 0.3 is 0 Å². The van der Waals surface area contributed by atoms with Gasteiger partial charge in [0.2, 0.25) is 0 Å². The van der Waals surface area contributed by atoms with Gasteiger partial charge in [0, 0.05) is 23.6 Å². The molecule has 3 aromatic rings. The van der Waals surface area contributed by atoms with Crippen molar-refractivity contribution >= 4 is 41.6 Å². The lowest BCUT2D eigenvalue weighted by Crippen LogP contribution is -2.26. The number of hydrogen-bond acceptors (Lipinski definition) is 3. The Morgan fingerprint density at radius 2 is 1.93 bits per heavy atom. The van der Waals surface area contributed by atoms with Gasteiger partial charge in [0.15, 0.2) is 0 Å². The van der Waals surface area contributed by atoms with Gasteiger partial charge < -0.3 is 10.6 Å². The third-order valence-electron chi connectivity index (χ3n) is 5.09. The van der Waals surface area contributed by atoms with Crippen LogP contribution in [0.1, 0.15) is 23.2 Å². The van der Waals surface area contributed by atoms with Crippen LogP contribution in [-0.4, -0.2) is 30.5 Å². The molecule has 4 nitrogen and oxygen atoms in total. The van der Waals surface area contributed by atoms with E-state index in [1.165, 1.54) is 12.1 Å². The number of nitrogens with one attached hydrogen (secondary N) is 2. The van der Waals surface area contributed by atoms with Gasteiger partial charge in [-0.05, 0) is 50.0 Å². The van der Waals surface area contributed by atoms with Crippen molar-refractivity contribution in [1.29, 1.82) is 0 Å². The third-order valence-corrected chi connectivity index (χ3v) is 5.09. The summed E-state index contributed by atoms with van der Waals surface area (Å²) in [5, 5.41) is 7.03. The number of pyridine rings is 1. The summed E-state index contributed by atoms with van der Waals surface area (Å²) in [7, 11) is 0. The largest absolute Gasteiger partial charge is 0.352 e. The van der Waals surface area contributed by atoms with Gasteiger partial charge in [0.05, 0.1) is 16.8 Å². The number of nitrogens with zero attached hydrogens (tertiary/aromatic N) is 1. The molecule has 0 radical (unpaired) electrons. The molecule has 154 valence electrons. The summed E-state index contributed by atoms with van der Waals surface area (Å²) in [5.74, 6) is 0.117. The number of aromatic nitrogens is 1. The molecule has 1 unspecified atom stereocenters. The van der Waals surface area contributed by atoms with Crippen LogP contribution in [0.4, 0.5) is 4.39 Å². The molecule has 1 fully saturated rings. The van der Waals surface area contributed by atoms with E-state index in [4.69, 9.17) is 0 Å². The zero-order valence-corrected chi connectivity index (χ0v) is 17.5. The Morgan fingerprint density at radius 1 is 1.14 bits per heavy atom. The third kappa shape index (κ3) is 5.44. The van der Waals surface area contributed by atoms with Gasteiger partial charge in [-0.15, -0.1) is 24.8 Å². The van der Waals surface area contributed by atoms with E-state index in [2.05, 4.69) is 15.6 Å². The van der Waals surface area contributed by atoms with Crippen LogP contribution in [0.5, 0.6) is 0 Å². The highest BCUT2D eigenvalue weighted by Crippen LogP contribution is 2.25. The van der Waals surface area contributed by atoms with Crippen LogP contribution in [0.3, 0.4) is 0 Å². The highest BCUT2D eigenvalue weighted by molar-refractivity contribution is 6.07. The molecule has 2 aromatic carbocycles. The minimum Gasteiger partial charge on any atom is -0.352 e. The molecule has 7 heteroatoms. The zero-order chi connectivity index (χ0) is 18.6. The Balaban J connectivity index is 0.00000150. The molecular weight excluding hydrogens is 412 g/mol. The summed E-state index contributed by atoms with van der Waals surface area (Å²) in [6.45, 7) is 2.71. The summed E-state index contributed by atoms with van der Waals surface area (Å²) in [5.41, 5.74) is 2.58. The molecule has 1 atom stereocenters. The van der Waals surface area contributed by atoms with Crippen molar-refractivity contribution in [2.45, 2.75) is 12.8 Å². The van der Waals surface area contributed by atoms with E-state index in [9.17, 15) is 9.18 Å². The first-order valence-corrected chi connectivity index (χ1v) is 9.35. The summed E-state index contributed by atoms with van der Waals surface area (Å²) in [4.78, 5) is 17.4. The molecule has 4 rings (SSSR count). The number of benzene rings is 2. The molecule has 1 saturated heterocycles. The van der Waals surface area contributed by atoms with Crippen molar-refractivity contribution in [2.24, 2.45) is 5.92 Å². The van der Waals surface area contributed by atoms with Crippen LogP contribution in [-0.2, 0) is 0 Å². The second kappa shape index (κ2) is 10.5. The lowest BCUT2D eigenvalue weighted by Gasteiger charge is -2.12. The van der Waals surface area contributed by atoms with E-state index in [1.54, 1.807) is 12.1 Å². The van der Waals surface area contributed by atoms with Crippen LogP contribution < -0.4 is 10.6 Å². The molecule has 1 aromatic heterocycles. The number of rotatable bonds is 5. The molecule has 0 spiro atoms. The number of carbonyl (C=O) groups is 1. The minimum atomic E-state index is -0.361. The molecular formula is C22H24Cl2FN3O. The maximum absolute atomic E-state index is 13.7. The summed E-state index contributed by atoms with van der Waals surface area (Å²) in [6, 6.07) is 15.8. The number of fused-ring (bicyclic) bond motifs is 1. The fourth-order valence-electron chi connectivity index (χ4n) is 3.59. The normalized spacial score (nSPS) is 15.4. The highest BCUT2D eigenvalue weighted by Gasteiger charge is 2.17. The zero-order valence-electron chi connectivity index (χ0n) is 15.9. The molecule has 0 bridgehead atoms. The monoisotopic (exact) mass is 435 g/mol. The molecule has 1 aliphatic rings. The Kier molecular flexibility index (Phi) is 8.38. The van der Waals surface area contributed by atoms with Gasteiger partial charge in [-0.25, -0.2) is 9.37 Å². The second-order valence-corrected chi connectivity index (χ2v) is 6.99. The van der Waals surface area contributed by atoms with Crippen LogP contribution >= 0.6 is 24.8 Å². The van der Waals surface area contributed by atoms with Gasteiger partial charge in [-0.3, -0.25) is 4.79 Å². The number of halogens is 3. The Hall–Kier alpha value is -2.21. The number of carbonyl (C=O) groups excluding carboxylic acids is 1. The van der Waals surface area contributed by atoms with Crippen molar-refractivity contribution < 1.29 is 9.18 Å². The minimum absolute atomic E-state index is 0. The van der Waals surface area contributed by atoms with E-state index >= 15 is 0 Å². The molecule has 29 heavy (non-hydrogen) atoms. The van der Waals surface area contributed by atoms with Crippen LogP contribution in [0.2, 0.25) is 0 Å². The Morgan fingerprint density at radius 3 is 2.66 bits per heavy atom. The van der Waals surface area contributed by atoms with Crippen molar-refractivity contribution in [1.82, 2.24) is 15.6 Å². The van der Waals surface area contributed by atoms with Crippen molar-refractivity contribution in [3.05, 3.63) is 66.0 Å². The van der Waals surface area contributed by atoms with E-state index in [0.29, 0.717) is 34.6 Å². The van der Waals surface area contributed by atoms with E-state index in [-0.39, 0.29) is 36.5 Å². The summed E-state index contributed by atoms with van der Waals surface area (Å²) < 4.78 is 13.7. The fourth-order valence-corrected chi connectivity index (χ4v) is 3.59. The molecule has 0 saturated carbocycles. The summed E-state index contributed by atoms with van der Waals surface area (Å²) >= 11 is 0. The lowest BCUT2D eigenvalue weighted by atomic mass is 10.0. The average molecular weight is 436 g/mol. The smallest absolute Gasteiger partial charge is 0.252 e. The topological polar surface area (TPSA) is 54.0 Å². The Bertz CT molecular complexity index is 963. The Labute approximate surface area is 182 Å². The van der Waals surface area contributed by atoms with Crippen LogP contribution in [0.25, 0.3) is 22.2 Å². The number of amides is 1. The van der Waals surface area contributed by atoms with Crippen LogP contribution in [0.15, 0.2) is 54.6 Å². The lowest BCUT2D eigenvalue weighted by molar-refractivity contribution is 0.0953. The van der Waals surface area contributed by atoms with E-state index in [1.807, 2.05) is 30.3 Å². The van der Waals surface area contributed by atoms with Crippen molar-refractivity contribution in [3.8, 4) is 11.3 Å². The first-order chi connectivity index (χ1) is 13.2. The molecule has 1 aliphatic heterocycles. The van der Waals surface area contributed by atoms with Crippen molar-refractivity contribution in [2.75, 3.05) is 19.6 Å². The quantitative estimate of drug-likeness (QED) is 0.614. The average Bonchev–Trinajstić information content (AvgIpc) is 3.21. The molecule has 1 amide bonds. The van der Waals surface area contributed by atoms with Crippen LogP contribution in [0, 0.1) is 11.7 Å². The van der Waals surface area contributed by atoms with Gasteiger partial charge in [-0.1, -0.05) is 30.3 Å². The molecule has 2 N–H and O–H groups in total. The molecule has 2 heterocycles. The summed E-state index contributed by atoms with van der Waals surface area (Å²) in [6.07, 6.45) is 2.12. The second-order valence-electron chi connectivity index (χ2n) is 6.99. The highest BCUT2D eigenvalue weighted by atomic mass is 35.5. The van der Waals surface area contributed by atoms with E-state index < -0.39 is 0 Å².